The van der Waals surface area contributed by atoms with E-state index >= 15 is 0 Å². The average molecular weight is 1020 g/mol. The van der Waals surface area contributed by atoms with E-state index in [1.54, 1.807) is 0 Å². The molecule has 0 fully saturated rings. The molecule has 4 unspecified atom stereocenters. The van der Waals surface area contributed by atoms with Crippen LogP contribution >= 0.6 is 0 Å². The predicted octanol–water partition coefficient (Wildman–Crippen LogP) is 13.8. The summed E-state index contributed by atoms with van der Waals surface area (Å²) >= 11 is 0. The molecule has 0 amide bonds. The lowest BCUT2D eigenvalue weighted by atomic mass is 10.1. The number of unbranched alkanes of at least 4 members (excludes halogenated alkanes) is 4. The van der Waals surface area contributed by atoms with Crippen molar-refractivity contribution in [3.63, 3.8) is 0 Å². The van der Waals surface area contributed by atoms with Gasteiger partial charge in [-0.3, -0.25) is 0 Å². The van der Waals surface area contributed by atoms with Gasteiger partial charge >= 0.3 is 0 Å². The number of hydrogen-bond acceptors (Lipinski definition) is 6. The Bertz CT molecular complexity index is 2910. The fraction of sp³-hybridized carbons (Fsp3) is 0.375. The number of ether oxygens (including phenoxy) is 4. The van der Waals surface area contributed by atoms with Crippen molar-refractivity contribution in [1.29, 1.82) is 0 Å². The van der Waals surface area contributed by atoms with Crippen molar-refractivity contribution in [2.24, 2.45) is 0 Å². The first-order valence-electron chi connectivity index (χ1n) is 27.9. The molecule has 2 aliphatic rings. The fourth-order valence-electron chi connectivity index (χ4n) is 10.1. The normalized spacial score (nSPS) is 13.8. The first kappa shape index (κ1) is 53.9. The molecule has 0 aromatic carbocycles. The van der Waals surface area contributed by atoms with E-state index < -0.39 is 0 Å². The average Bonchev–Trinajstić information content (AvgIpc) is 4.32. The number of fused-ring (bicyclic) bond motifs is 8. The molecule has 12 nitrogen and oxygen atoms in total. The van der Waals surface area contributed by atoms with Crippen LogP contribution in [0.25, 0.3) is 91.4 Å². The number of nitrogens with zero attached hydrogens (tertiary/aromatic N) is 6. The Morgan fingerprint density at radius 2 is 0.592 bits per heavy atom. The molecular formula is C64H78N8O4+4. The van der Waals surface area contributed by atoms with E-state index in [0.717, 1.165) is 141 Å². The van der Waals surface area contributed by atoms with Crippen LogP contribution in [0.5, 0.6) is 0 Å². The van der Waals surface area contributed by atoms with Gasteiger partial charge in [-0.2, -0.15) is 18.3 Å². The highest BCUT2D eigenvalue weighted by atomic mass is 16.5. The highest BCUT2D eigenvalue weighted by Crippen LogP contribution is 2.37. The van der Waals surface area contributed by atoms with Gasteiger partial charge in [0.25, 0.3) is 24.9 Å². The number of aromatic amines is 2. The van der Waals surface area contributed by atoms with E-state index in [4.69, 9.17) is 28.9 Å². The smallest absolute Gasteiger partial charge is 0.260 e. The number of H-pyrrole nitrogens is 2. The van der Waals surface area contributed by atoms with Crippen molar-refractivity contribution in [1.82, 2.24) is 19.9 Å². The molecule has 8 bridgehead atoms. The minimum Gasteiger partial charge on any atom is -0.354 e. The number of rotatable bonds is 24. The van der Waals surface area contributed by atoms with Gasteiger partial charge in [0.2, 0.25) is 22.8 Å². The lowest BCUT2D eigenvalue weighted by molar-refractivity contribution is -0.749. The summed E-state index contributed by atoms with van der Waals surface area (Å²) in [6.07, 6.45) is 24.2. The number of pyridine rings is 4. The van der Waals surface area contributed by atoms with E-state index in [9.17, 15) is 0 Å². The predicted molar refractivity (Wildman–Crippen MR) is 304 cm³/mol. The van der Waals surface area contributed by atoms with Crippen molar-refractivity contribution < 1.29 is 37.2 Å². The maximum atomic E-state index is 6.53. The highest BCUT2D eigenvalue weighted by molar-refractivity contribution is 5.97. The molecule has 0 radical (unpaired) electrons. The summed E-state index contributed by atoms with van der Waals surface area (Å²) in [6.45, 7) is 19.9. The van der Waals surface area contributed by atoms with E-state index in [-0.39, 0.29) is 24.9 Å². The molecule has 7 aromatic rings. The zero-order valence-corrected chi connectivity index (χ0v) is 46.0. The standard InChI is InChI=1S/C64H77N8O4/c1-9-13-41-73-45(5)69-37-21-17-25-57(69)61-49-29-31-51(65-49)62(58-26-18-22-38-70(58)46(6)74-42-14-10-2)53-33-35-55(67-53)64(60-28-20-24-40-72(60)48(8)76-44-16-12-4)56-36-34-54(68-56)63(52-32-30-50(61)66-52)59-27-19-23-39-71(59)47(7)75-43-15-11-3/h17-40,45-48H,9-16,41-44H2,1-8H3,(H,65,66,67,68)/q+3/p+1. The summed E-state index contributed by atoms with van der Waals surface area (Å²) in [6, 6.07) is 34.1. The zero-order chi connectivity index (χ0) is 53.0. The van der Waals surface area contributed by atoms with Crippen LogP contribution in [0, 0.1) is 0 Å². The maximum Gasteiger partial charge on any atom is 0.260 e. The number of hydrogen-bond donors (Lipinski definition) is 2. The number of nitrogens with one attached hydrogen (secondary N) is 2. The van der Waals surface area contributed by atoms with Crippen LogP contribution in [0.4, 0.5) is 0 Å². The van der Waals surface area contributed by atoms with Crippen LogP contribution in [0.15, 0.2) is 122 Å². The third-order valence-electron chi connectivity index (χ3n) is 14.3. The summed E-state index contributed by atoms with van der Waals surface area (Å²) in [5, 5.41) is 0. The Hall–Kier alpha value is -6.96. The summed E-state index contributed by atoms with van der Waals surface area (Å²) in [7, 11) is 0. The van der Waals surface area contributed by atoms with Gasteiger partial charge in [0.15, 0.2) is 24.8 Å². The Morgan fingerprint density at radius 1 is 0.355 bits per heavy atom. The summed E-state index contributed by atoms with van der Waals surface area (Å²) in [5.74, 6) is 0. The Kier molecular flexibility index (Phi) is 18.2. The van der Waals surface area contributed by atoms with Crippen LogP contribution in [0.2, 0.25) is 0 Å². The largest absolute Gasteiger partial charge is 0.354 e. The third-order valence-corrected chi connectivity index (χ3v) is 14.3. The van der Waals surface area contributed by atoms with E-state index in [0.29, 0.717) is 26.4 Å². The first-order chi connectivity index (χ1) is 37.2. The minimum absolute atomic E-state index is 0.248. The SMILES string of the molecule is CCCCOC(C)[n+]1ccccc1-c1c2nc(c(-c3cccc[n+]3C(C)OCCCC)c3ccc([nH]3)c(-c3cccc[n+]3C(C)OCCCC)c3nc(c(-c4cccc[n+]4C(C)OCCCC)c4ccc1[nH]4)C=C3)C=C2. The van der Waals surface area contributed by atoms with Gasteiger partial charge < -0.3 is 28.9 Å². The van der Waals surface area contributed by atoms with E-state index in [2.05, 4.69) is 230 Å². The van der Waals surface area contributed by atoms with Gasteiger partial charge in [-0.1, -0.05) is 53.4 Å². The fourth-order valence-corrected chi connectivity index (χ4v) is 10.1. The van der Waals surface area contributed by atoms with Gasteiger partial charge in [0, 0.05) is 76.2 Å². The lowest BCUT2D eigenvalue weighted by Gasteiger charge is -2.13. The van der Waals surface area contributed by atoms with Crippen LogP contribution in [0.1, 0.15) is 154 Å². The maximum absolute atomic E-state index is 6.53. The summed E-state index contributed by atoms with van der Waals surface area (Å²) in [5.41, 5.74) is 14.5. The Morgan fingerprint density at radius 3 is 0.816 bits per heavy atom. The molecule has 2 aliphatic heterocycles. The molecule has 4 atom stereocenters. The second-order valence-corrected chi connectivity index (χ2v) is 19.8. The zero-order valence-electron chi connectivity index (χ0n) is 46.0. The molecule has 9 rings (SSSR count). The molecule has 9 heterocycles. The molecule has 394 valence electrons. The van der Waals surface area contributed by atoms with Crippen LogP contribution < -0.4 is 18.3 Å². The van der Waals surface area contributed by atoms with Crippen molar-refractivity contribution in [3.05, 3.63) is 145 Å². The van der Waals surface area contributed by atoms with Crippen molar-refractivity contribution in [2.45, 2.75) is 132 Å². The second-order valence-electron chi connectivity index (χ2n) is 19.8. The van der Waals surface area contributed by atoms with Gasteiger partial charge in [-0.05, 0) is 98.5 Å². The van der Waals surface area contributed by atoms with Crippen molar-refractivity contribution >= 4 is 46.4 Å². The quantitative estimate of drug-likeness (QED) is 0.0461. The topological polar surface area (TPSA) is 110 Å². The molecule has 2 N–H and O–H groups in total. The van der Waals surface area contributed by atoms with Gasteiger partial charge in [0.05, 0.1) is 93.5 Å². The first-order valence-corrected chi connectivity index (χ1v) is 27.9. The third kappa shape index (κ3) is 11.9. The second kappa shape index (κ2) is 25.7. The lowest BCUT2D eigenvalue weighted by Crippen LogP contribution is -2.41. The van der Waals surface area contributed by atoms with Gasteiger partial charge in [-0.15, -0.1) is 0 Å². The summed E-state index contributed by atoms with van der Waals surface area (Å²) in [4.78, 5) is 19.4. The molecule has 0 spiro atoms. The van der Waals surface area contributed by atoms with E-state index in [1.807, 2.05) is 0 Å². The van der Waals surface area contributed by atoms with Crippen molar-refractivity contribution in [2.75, 3.05) is 26.4 Å². The molecule has 12 heteroatoms. The molecule has 76 heavy (non-hydrogen) atoms. The molecule has 0 saturated heterocycles. The molecule has 7 aromatic heterocycles. The molecule has 0 aliphatic carbocycles. The van der Waals surface area contributed by atoms with E-state index in [1.165, 1.54) is 0 Å². The molecular weight excluding hydrogens is 945 g/mol. The van der Waals surface area contributed by atoms with Crippen LogP contribution in [-0.4, -0.2) is 46.4 Å². The van der Waals surface area contributed by atoms with Gasteiger partial charge in [0.1, 0.15) is 0 Å². The minimum atomic E-state index is -0.248. The van der Waals surface area contributed by atoms with Crippen LogP contribution in [0.3, 0.4) is 0 Å². The van der Waals surface area contributed by atoms with Gasteiger partial charge in [-0.25, -0.2) is 9.97 Å². The summed E-state index contributed by atoms with van der Waals surface area (Å²) < 4.78 is 35.0. The van der Waals surface area contributed by atoms with Crippen LogP contribution in [-0.2, 0) is 18.9 Å². The monoisotopic (exact) mass is 1020 g/mol. The molecule has 0 saturated carbocycles. The highest BCUT2D eigenvalue weighted by Gasteiger charge is 2.31. The van der Waals surface area contributed by atoms with Crippen molar-refractivity contribution in [3.8, 4) is 45.0 Å². The number of aromatic nitrogens is 8. The Labute approximate surface area is 449 Å². The Balaban J connectivity index is 1.43.